The molecule has 0 spiro atoms. The zero-order valence-corrected chi connectivity index (χ0v) is 5.95. The molecule has 2 heterocycles. The molecule has 0 aromatic heterocycles. The van der Waals surface area contributed by atoms with Crippen molar-refractivity contribution >= 4 is 5.91 Å². The van der Waals surface area contributed by atoms with Crippen molar-refractivity contribution in [3.63, 3.8) is 0 Å². The molecule has 2 fully saturated rings. The fraction of sp³-hybridized carbons (Fsp3) is 0.833. The highest BCUT2D eigenvalue weighted by atomic mass is 16.7. The Labute approximate surface area is 63.8 Å². The van der Waals surface area contributed by atoms with Crippen LogP contribution in [0.3, 0.4) is 0 Å². The van der Waals surface area contributed by atoms with E-state index in [0.717, 1.165) is 0 Å². The normalized spacial score (nSPS) is 42.4. The van der Waals surface area contributed by atoms with Crippen LogP contribution in [0.15, 0.2) is 0 Å². The molecule has 3 atom stereocenters. The highest BCUT2D eigenvalue weighted by molar-refractivity contribution is 5.81. The summed E-state index contributed by atoms with van der Waals surface area (Å²) < 4.78 is 10.3. The molecule has 11 heavy (non-hydrogen) atoms. The van der Waals surface area contributed by atoms with Crippen LogP contribution >= 0.6 is 0 Å². The molecule has 62 valence electrons. The van der Waals surface area contributed by atoms with Gasteiger partial charge in [0, 0.05) is 6.54 Å². The first-order valence-corrected chi connectivity index (χ1v) is 3.55. The lowest BCUT2D eigenvalue weighted by atomic mass is 10.1. The average molecular weight is 158 g/mol. The van der Waals surface area contributed by atoms with E-state index in [4.69, 9.17) is 15.2 Å². The minimum Gasteiger partial charge on any atom is -0.368 e. The van der Waals surface area contributed by atoms with Crippen molar-refractivity contribution < 1.29 is 14.3 Å². The summed E-state index contributed by atoms with van der Waals surface area (Å²) in [5.41, 5.74) is 5.12. The second kappa shape index (κ2) is 2.44. The first-order valence-electron chi connectivity index (χ1n) is 3.55. The Morgan fingerprint density at radius 2 is 2.36 bits per heavy atom. The van der Waals surface area contributed by atoms with Gasteiger partial charge in [-0.3, -0.25) is 4.79 Å². The maximum atomic E-state index is 10.8. The van der Waals surface area contributed by atoms with E-state index in [1.807, 2.05) is 0 Å². The van der Waals surface area contributed by atoms with Crippen molar-refractivity contribution in [1.82, 2.24) is 5.32 Å². The number of carbonyl (C=O) groups is 1. The Balaban J connectivity index is 2.08. The number of fused-ring (bicyclic) bond motifs is 1. The maximum absolute atomic E-state index is 10.8. The van der Waals surface area contributed by atoms with Crippen LogP contribution in [0.5, 0.6) is 0 Å². The average Bonchev–Trinajstić information content (AvgIpc) is 2.41. The summed E-state index contributed by atoms with van der Waals surface area (Å²) in [7, 11) is 0. The topological polar surface area (TPSA) is 73.6 Å². The lowest BCUT2D eigenvalue weighted by Gasteiger charge is -2.11. The van der Waals surface area contributed by atoms with Crippen LogP contribution in [-0.4, -0.2) is 37.5 Å². The van der Waals surface area contributed by atoms with Crippen molar-refractivity contribution in [2.75, 3.05) is 13.3 Å². The van der Waals surface area contributed by atoms with E-state index in [0.29, 0.717) is 6.54 Å². The van der Waals surface area contributed by atoms with Crippen LogP contribution in [0.25, 0.3) is 0 Å². The summed E-state index contributed by atoms with van der Waals surface area (Å²) in [4.78, 5) is 10.8. The third-order valence-corrected chi connectivity index (χ3v) is 2.08. The van der Waals surface area contributed by atoms with E-state index in [9.17, 15) is 4.79 Å². The Hall–Kier alpha value is -0.650. The van der Waals surface area contributed by atoms with Gasteiger partial charge in [0.2, 0.25) is 5.91 Å². The van der Waals surface area contributed by atoms with Gasteiger partial charge >= 0.3 is 0 Å². The predicted octanol–water partition coefficient (Wildman–Crippen LogP) is -1.81. The SMILES string of the molecule is NC(=O)C1NCC2OCOC21. The van der Waals surface area contributed by atoms with Gasteiger partial charge in [-0.2, -0.15) is 0 Å². The van der Waals surface area contributed by atoms with Crippen LogP contribution in [0.4, 0.5) is 0 Å². The quantitative estimate of drug-likeness (QED) is 0.471. The molecule has 2 aliphatic rings. The van der Waals surface area contributed by atoms with Gasteiger partial charge in [0.25, 0.3) is 0 Å². The molecule has 0 radical (unpaired) electrons. The van der Waals surface area contributed by atoms with Gasteiger partial charge in [-0.15, -0.1) is 0 Å². The Kier molecular flexibility index (Phi) is 1.56. The lowest BCUT2D eigenvalue weighted by Crippen LogP contribution is -2.44. The summed E-state index contributed by atoms with van der Waals surface area (Å²) in [6.07, 6.45) is -0.167. The van der Waals surface area contributed by atoms with Crippen LogP contribution in [0, 0.1) is 0 Å². The number of amides is 1. The number of nitrogens with one attached hydrogen (secondary N) is 1. The van der Waals surface area contributed by atoms with Crippen LogP contribution in [0.1, 0.15) is 0 Å². The van der Waals surface area contributed by atoms with Crippen molar-refractivity contribution in [3.8, 4) is 0 Å². The predicted molar refractivity (Wildman–Crippen MR) is 35.6 cm³/mol. The van der Waals surface area contributed by atoms with Gasteiger partial charge < -0.3 is 20.5 Å². The molecule has 5 nitrogen and oxygen atoms in total. The molecule has 2 saturated heterocycles. The second-order valence-corrected chi connectivity index (χ2v) is 2.74. The summed E-state index contributed by atoms with van der Waals surface area (Å²) in [6, 6.07) is -0.373. The molecular formula is C6H10N2O3. The lowest BCUT2D eigenvalue weighted by molar-refractivity contribution is -0.122. The number of hydrogen-bond acceptors (Lipinski definition) is 4. The van der Waals surface area contributed by atoms with E-state index in [1.54, 1.807) is 0 Å². The van der Waals surface area contributed by atoms with Crippen LogP contribution < -0.4 is 11.1 Å². The molecule has 3 unspecified atom stereocenters. The summed E-state index contributed by atoms with van der Waals surface area (Å²) in [5.74, 6) is -0.372. The minimum atomic E-state index is -0.373. The largest absolute Gasteiger partial charge is 0.368 e. The molecule has 2 aliphatic heterocycles. The van der Waals surface area contributed by atoms with E-state index in [-0.39, 0.29) is 30.9 Å². The Bertz CT molecular complexity index is 185. The molecule has 3 N–H and O–H groups in total. The first kappa shape index (κ1) is 7.02. The van der Waals surface area contributed by atoms with Gasteiger partial charge in [0.15, 0.2) is 0 Å². The maximum Gasteiger partial charge on any atom is 0.237 e. The molecule has 5 heteroatoms. The number of nitrogens with two attached hydrogens (primary N) is 1. The van der Waals surface area contributed by atoms with Crippen molar-refractivity contribution in [1.29, 1.82) is 0 Å². The number of rotatable bonds is 1. The van der Waals surface area contributed by atoms with Gasteiger partial charge in [0.05, 0.1) is 0 Å². The van der Waals surface area contributed by atoms with Crippen LogP contribution in [0.2, 0.25) is 0 Å². The zero-order valence-electron chi connectivity index (χ0n) is 5.95. The van der Waals surface area contributed by atoms with E-state index in [1.165, 1.54) is 0 Å². The number of hydrogen-bond donors (Lipinski definition) is 2. The third-order valence-electron chi connectivity index (χ3n) is 2.08. The number of primary amides is 1. The van der Waals surface area contributed by atoms with E-state index < -0.39 is 0 Å². The molecule has 0 saturated carbocycles. The minimum absolute atomic E-state index is 0.00694. The number of ether oxygens (including phenoxy) is 2. The molecule has 0 aromatic carbocycles. The van der Waals surface area contributed by atoms with Gasteiger partial charge in [0.1, 0.15) is 25.0 Å². The van der Waals surface area contributed by atoms with E-state index >= 15 is 0 Å². The molecule has 2 rings (SSSR count). The van der Waals surface area contributed by atoms with Crippen molar-refractivity contribution in [2.45, 2.75) is 18.2 Å². The fourth-order valence-electron chi connectivity index (χ4n) is 1.52. The Morgan fingerprint density at radius 3 is 3.09 bits per heavy atom. The second-order valence-electron chi connectivity index (χ2n) is 2.74. The third kappa shape index (κ3) is 1.01. The zero-order chi connectivity index (χ0) is 7.84. The monoisotopic (exact) mass is 158 g/mol. The number of carbonyl (C=O) groups excluding carboxylic acids is 1. The first-order chi connectivity index (χ1) is 5.29. The fourth-order valence-corrected chi connectivity index (χ4v) is 1.52. The molecular weight excluding hydrogens is 148 g/mol. The highest BCUT2D eigenvalue weighted by Crippen LogP contribution is 2.20. The van der Waals surface area contributed by atoms with Crippen LogP contribution in [-0.2, 0) is 14.3 Å². The van der Waals surface area contributed by atoms with Crippen molar-refractivity contribution in [3.05, 3.63) is 0 Å². The van der Waals surface area contributed by atoms with Gasteiger partial charge in [-0.05, 0) is 0 Å². The summed E-state index contributed by atoms with van der Waals surface area (Å²) in [5, 5.41) is 2.93. The summed E-state index contributed by atoms with van der Waals surface area (Å²) in [6.45, 7) is 0.930. The molecule has 0 bridgehead atoms. The summed E-state index contributed by atoms with van der Waals surface area (Å²) >= 11 is 0. The van der Waals surface area contributed by atoms with Crippen molar-refractivity contribution in [2.24, 2.45) is 5.73 Å². The van der Waals surface area contributed by atoms with Gasteiger partial charge in [-0.25, -0.2) is 0 Å². The Morgan fingerprint density at radius 1 is 1.55 bits per heavy atom. The standard InChI is InChI=1S/C6H10N2O3/c7-6(9)4-5-3(1-8-4)10-2-11-5/h3-5,8H,1-2H2,(H2,7,9). The highest BCUT2D eigenvalue weighted by Gasteiger charge is 2.44. The molecule has 1 amide bonds. The van der Waals surface area contributed by atoms with E-state index in [2.05, 4.69) is 5.32 Å². The molecule has 0 aromatic rings. The van der Waals surface area contributed by atoms with Gasteiger partial charge in [-0.1, -0.05) is 0 Å². The molecule has 0 aliphatic carbocycles. The smallest absolute Gasteiger partial charge is 0.237 e.